The van der Waals surface area contributed by atoms with Crippen LogP contribution in [0.2, 0.25) is 0 Å². The summed E-state index contributed by atoms with van der Waals surface area (Å²) in [4.78, 5) is 0. The Hall–Kier alpha value is -1.14. The maximum Gasteiger partial charge on any atom is 0.184 e. The van der Waals surface area contributed by atoms with Crippen molar-refractivity contribution in [1.29, 1.82) is 0 Å². The van der Waals surface area contributed by atoms with Gasteiger partial charge in [-0.3, -0.25) is 0 Å². The Morgan fingerprint density at radius 3 is 2.74 bits per heavy atom. The number of aliphatic hydroxyl groups is 1. The molecule has 0 amide bonds. The van der Waals surface area contributed by atoms with Crippen molar-refractivity contribution in [3.8, 4) is 5.75 Å². The van der Waals surface area contributed by atoms with Crippen LogP contribution in [-0.4, -0.2) is 43.7 Å². The number of aliphatic hydroxyl groups excluding tert-OH is 1. The van der Waals surface area contributed by atoms with Gasteiger partial charge in [0.05, 0.1) is 19.8 Å². The Balaban J connectivity index is 1.71. The summed E-state index contributed by atoms with van der Waals surface area (Å²) < 4.78 is 22.1. The first kappa shape index (κ1) is 12.9. The molecule has 0 radical (unpaired) electrons. The first-order chi connectivity index (χ1) is 9.28. The molecule has 1 unspecified atom stereocenters. The summed E-state index contributed by atoms with van der Waals surface area (Å²) >= 11 is 0. The van der Waals surface area contributed by atoms with E-state index < -0.39 is 12.4 Å². The van der Waals surface area contributed by atoms with Crippen LogP contribution in [0.3, 0.4) is 0 Å². The third-order valence-electron chi connectivity index (χ3n) is 3.57. The summed E-state index contributed by atoms with van der Waals surface area (Å²) in [6.07, 6.45) is -0.809. The molecule has 104 valence electrons. The lowest BCUT2D eigenvalue weighted by molar-refractivity contribution is -0.298. The number of hydrogen-bond donors (Lipinski definition) is 1. The highest BCUT2D eigenvalue weighted by atomic mass is 16.7. The van der Waals surface area contributed by atoms with Gasteiger partial charge >= 0.3 is 0 Å². The quantitative estimate of drug-likeness (QED) is 0.873. The molecule has 2 saturated heterocycles. The van der Waals surface area contributed by atoms with E-state index in [9.17, 15) is 5.11 Å². The zero-order chi connectivity index (χ0) is 13.2. The molecule has 4 atom stereocenters. The highest BCUT2D eigenvalue weighted by Crippen LogP contribution is 2.32. The van der Waals surface area contributed by atoms with E-state index in [2.05, 4.69) is 0 Å². The van der Waals surface area contributed by atoms with E-state index in [0.29, 0.717) is 19.6 Å². The minimum atomic E-state index is -0.483. The van der Waals surface area contributed by atoms with Crippen LogP contribution in [0.5, 0.6) is 5.75 Å². The van der Waals surface area contributed by atoms with E-state index in [0.717, 1.165) is 11.3 Å². The summed E-state index contributed by atoms with van der Waals surface area (Å²) in [5.41, 5.74) is 0.914. The Morgan fingerprint density at radius 1 is 1.21 bits per heavy atom. The van der Waals surface area contributed by atoms with Crippen molar-refractivity contribution in [3.05, 3.63) is 29.8 Å². The molecule has 19 heavy (non-hydrogen) atoms. The van der Waals surface area contributed by atoms with Crippen LogP contribution in [0, 0.1) is 0 Å². The second-order valence-corrected chi connectivity index (χ2v) is 4.80. The molecule has 0 aliphatic carbocycles. The van der Waals surface area contributed by atoms with Gasteiger partial charge in [0.1, 0.15) is 18.0 Å². The Morgan fingerprint density at radius 2 is 2.00 bits per heavy atom. The van der Waals surface area contributed by atoms with Crippen LogP contribution in [0.1, 0.15) is 18.3 Å². The normalized spacial score (nSPS) is 34.6. The predicted molar refractivity (Wildman–Crippen MR) is 66.9 cm³/mol. The highest BCUT2D eigenvalue weighted by molar-refractivity contribution is 5.28. The summed E-state index contributed by atoms with van der Waals surface area (Å²) in [5, 5.41) is 9.97. The maximum absolute atomic E-state index is 9.97. The van der Waals surface area contributed by atoms with Gasteiger partial charge < -0.3 is 24.1 Å². The van der Waals surface area contributed by atoms with Crippen molar-refractivity contribution in [3.63, 3.8) is 0 Å². The molecule has 0 bridgehead atoms. The van der Waals surface area contributed by atoms with Crippen LogP contribution in [-0.2, 0) is 14.2 Å². The summed E-state index contributed by atoms with van der Waals surface area (Å²) in [6.45, 7) is 1.00. The smallest absolute Gasteiger partial charge is 0.184 e. The van der Waals surface area contributed by atoms with Gasteiger partial charge in [-0.25, -0.2) is 0 Å². The predicted octanol–water partition coefficient (Wildman–Crippen LogP) is 1.26. The van der Waals surface area contributed by atoms with Gasteiger partial charge in [0.15, 0.2) is 6.29 Å². The van der Waals surface area contributed by atoms with Crippen molar-refractivity contribution in [1.82, 2.24) is 0 Å². The zero-order valence-electron chi connectivity index (χ0n) is 10.8. The van der Waals surface area contributed by atoms with Gasteiger partial charge in [-0.2, -0.15) is 0 Å². The minimum absolute atomic E-state index is 0.168. The number of benzene rings is 1. The molecule has 2 heterocycles. The molecule has 0 saturated carbocycles. The highest BCUT2D eigenvalue weighted by Gasteiger charge is 2.40. The van der Waals surface area contributed by atoms with Gasteiger partial charge in [-0.05, 0) is 18.6 Å². The summed E-state index contributed by atoms with van der Waals surface area (Å²) in [5.74, 6) is 0.790. The molecule has 0 aromatic heterocycles. The fraction of sp³-hybridized carbons (Fsp3) is 0.571. The third kappa shape index (κ3) is 2.60. The monoisotopic (exact) mass is 266 g/mol. The third-order valence-corrected chi connectivity index (χ3v) is 3.57. The Bertz CT molecular complexity index is 418. The lowest BCUT2D eigenvalue weighted by Gasteiger charge is -2.41. The molecule has 1 aromatic carbocycles. The van der Waals surface area contributed by atoms with Crippen LogP contribution >= 0.6 is 0 Å². The van der Waals surface area contributed by atoms with E-state index in [-0.39, 0.29) is 12.2 Å². The molecule has 3 rings (SSSR count). The molecular weight excluding hydrogens is 248 g/mol. The van der Waals surface area contributed by atoms with Crippen LogP contribution in [0.15, 0.2) is 24.3 Å². The van der Waals surface area contributed by atoms with Crippen molar-refractivity contribution in [2.45, 2.75) is 31.0 Å². The van der Waals surface area contributed by atoms with Gasteiger partial charge in [-0.15, -0.1) is 0 Å². The van der Waals surface area contributed by atoms with Crippen LogP contribution in [0.4, 0.5) is 0 Å². The molecule has 0 spiro atoms. The molecule has 1 N–H and O–H groups in total. The van der Waals surface area contributed by atoms with Gasteiger partial charge in [0.2, 0.25) is 0 Å². The molecule has 5 nitrogen and oxygen atoms in total. The topological polar surface area (TPSA) is 57.2 Å². The van der Waals surface area contributed by atoms with E-state index >= 15 is 0 Å². The molecule has 2 aliphatic heterocycles. The Kier molecular flexibility index (Phi) is 3.70. The van der Waals surface area contributed by atoms with E-state index in [4.69, 9.17) is 18.9 Å². The minimum Gasteiger partial charge on any atom is -0.497 e. The van der Waals surface area contributed by atoms with Gasteiger partial charge in [0.25, 0.3) is 0 Å². The van der Waals surface area contributed by atoms with Crippen molar-refractivity contribution < 1.29 is 24.1 Å². The number of rotatable bonds is 2. The number of fused-ring (bicyclic) bond motifs is 1. The molecule has 5 heteroatoms. The summed E-state index contributed by atoms with van der Waals surface area (Å²) in [6, 6.07) is 7.53. The standard InChI is InChI=1S/C14H18O5/c1-16-10-4-2-9(3-5-10)14-18-8-12-13(19-14)11(15)6-7-17-12/h2-5,11-15H,6-8H2,1H3/t11-,12-,13+,14?/m1/s1. The van der Waals surface area contributed by atoms with E-state index in [1.54, 1.807) is 7.11 Å². The first-order valence-corrected chi connectivity index (χ1v) is 6.48. The number of hydrogen-bond acceptors (Lipinski definition) is 5. The average molecular weight is 266 g/mol. The Labute approximate surface area is 112 Å². The van der Waals surface area contributed by atoms with Crippen molar-refractivity contribution in [2.75, 3.05) is 20.3 Å². The maximum atomic E-state index is 9.97. The lowest BCUT2D eigenvalue weighted by atomic mass is 10.0. The summed E-state index contributed by atoms with van der Waals surface area (Å²) in [7, 11) is 1.63. The van der Waals surface area contributed by atoms with Crippen molar-refractivity contribution >= 4 is 0 Å². The largest absolute Gasteiger partial charge is 0.497 e. The second kappa shape index (κ2) is 5.46. The molecule has 1 aromatic rings. The fourth-order valence-electron chi connectivity index (χ4n) is 2.47. The fourth-order valence-corrected chi connectivity index (χ4v) is 2.47. The van der Waals surface area contributed by atoms with E-state index in [1.165, 1.54) is 0 Å². The SMILES string of the molecule is COc1ccc(C2OC[C@H]3OCC[C@@H](O)[C@@H]3O2)cc1. The van der Waals surface area contributed by atoms with E-state index in [1.807, 2.05) is 24.3 Å². The molecule has 2 aliphatic rings. The van der Waals surface area contributed by atoms with Gasteiger partial charge in [-0.1, -0.05) is 12.1 Å². The second-order valence-electron chi connectivity index (χ2n) is 4.80. The van der Waals surface area contributed by atoms with Crippen LogP contribution in [0.25, 0.3) is 0 Å². The van der Waals surface area contributed by atoms with Crippen LogP contribution < -0.4 is 4.74 Å². The number of ether oxygens (including phenoxy) is 4. The molecule has 2 fully saturated rings. The number of methoxy groups -OCH3 is 1. The van der Waals surface area contributed by atoms with Gasteiger partial charge in [0, 0.05) is 12.2 Å². The zero-order valence-corrected chi connectivity index (χ0v) is 10.8. The van der Waals surface area contributed by atoms with Crippen molar-refractivity contribution in [2.24, 2.45) is 0 Å². The molecular formula is C14H18O5. The average Bonchev–Trinajstić information content (AvgIpc) is 2.47. The first-order valence-electron chi connectivity index (χ1n) is 6.48. The lowest BCUT2D eigenvalue weighted by Crippen LogP contribution is -2.52.